The van der Waals surface area contributed by atoms with E-state index in [1.54, 1.807) is 25.4 Å². The molecule has 1 spiro atoms. The van der Waals surface area contributed by atoms with Gasteiger partial charge in [0.1, 0.15) is 11.4 Å². The van der Waals surface area contributed by atoms with E-state index in [1.807, 2.05) is 6.92 Å². The molecule has 2 saturated heterocycles. The van der Waals surface area contributed by atoms with Gasteiger partial charge in [0, 0.05) is 24.5 Å². The lowest BCUT2D eigenvalue weighted by Gasteiger charge is -2.41. The third-order valence-corrected chi connectivity index (χ3v) is 7.21. The predicted molar refractivity (Wildman–Crippen MR) is 138 cm³/mol. The maximum absolute atomic E-state index is 9.99. The number of nitrogens with two attached hydrogens (primary N) is 1. The Labute approximate surface area is 212 Å². The van der Waals surface area contributed by atoms with E-state index in [9.17, 15) is 5.11 Å². The van der Waals surface area contributed by atoms with E-state index in [1.165, 1.54) is 0 Å². The van der Waals surface area contributed by atoms with Crippen molar-refractivity contribution in [3.05, 3.63) is 34.1 Å². The third-order valence-electron chi connectivity index (χ3n) is 6.41. The van der Waals surface area contributed by atoms with E-state index in [2.05, 4.69) is 14.9 Å². The first-order chi connectivity index (χ1) is 14.4. The molecule has 178 valence electrons. The highest BCUT2D eigenvalue weighted by Crippen LogP contribution is 2.43. The molecule has 0 aliphatic carbocycles. The largest absolute Gasteiger partial charge is 0.496 e. The maximum Gasteiger partial charge on any atom is 0.152 e. The number of nitrogens with zero attached hydrogens (tertiary/aromatic N) is 3. The predicted octanol–water partition coefficient (Wildman–Crippen LogP) is 3.51. The van der Waals surface area contributed by atoms with Crippen molar-refractivity contribution in [3.63, 3.8) is 0 Å². The summed E-state index contributed by atoms with van der Waals surface area (Å²) in [6.45, 7) is 4.07. The number of methoxy groups -OCH3 is 1. The van der Waals surface area contributed by atoms with Crippen LogP contribution in [-0.4, -0.2) is 54.0 Å². The molecular weight excluding hydrogens is 491 g/mol. The number of halogens is 2. The highest BCUT2D eigenvalue weighted by atomic mass is 35.5. The summed E-state index contributed by atoms with van der Waals surface area (Å²) in [5.74, 6) is 1.22. The topological polar surface area (TPSA) is 93.7 Å². The van der Waals surface area contributed by atoms with Crippen LogP contribution in [0.3, 0.4) is 0 Å². The lowest BCUT2D eigenvalue weighted by molar-refractivity contribution is 0.0973. The van der Waals surface area contributed by atoms with Gasteiger partial charge in [0.25, 0.3) is 0 Å². The van der Waals surface area contributed by atoms with Crippen molar-refractivity contribution >= 4 is 56.0 Å². The molecule has 2 aliphatic rings. The summed E-state index contributed by atoms with van der Waals surface area (Å²) in [6.07, 6.45) is 3.56. The molecule has 3 heterocycles. The first-order valence-corrected chi connectivity index (χ1v) is 10.8. The molecule has 1 aromatic carbocycles. The van der Waals surface area contributed by atoms with Gasteiger partial charge >= 0.3 is 0 Å². The van der Waals surface area contributed by atoms with Crippen LogP contribution in [0.2, 0.25) is 10.0 Å². The smallest absolute Gasteiger partial charge is 0.152 e. The fourth-order valence-corrected chi connectivity index (χ4v) is 4.90. The average molecular weight is 522 g/mol. The Morgan fingerprint density at radius 2 is 1.97 bits per heavy atom. The molecule has 2 fully saturated rings. The minimum Gasteiger partial charge on any atom is -0.496 e. The first kappa shape index (κ1) is 27.3. The molecule has 7 nitrogen and oxygen atoms in total. The van der Waals surface area contributed by atoms with E-state index in [0.717, 1.165) is 25.9 Å². The van der Waals surface area contributed by atoms with Gasteiger partial charge in [-0.25, -0.2) is 9.97 Å². The van der Waals surface area contributed by atoms with Crippen LogP contribution in [-0.2, 0) is 11.3 Å². The summed E-state index contributed by atoms with van der Waals surface area (Å²) in [5.41, 5.74) is 7.98. The molecule has 2 atom stereocenters. The maximum atomic E-state index is 9.99. The molecule has 3 N–H and O–H groups in total. The monoisotopic (exact) mass is 520 g/mol. The van der Waals surface area contributed by atoms with Crippen molar-refractivity contribution in [1.29, 1.82) is 0 Å². The second kappa shape index (κ2) is 11.0. The summed E-state index contributed by atoms with van der Waals surface area (Å²) in [5, 5.41) is 10.7. The molecule has 4 rings (SSSR count). The summed E-state index contributed by atoms with van der Waals surface area (Å²) in [7, 11) is 1.56. The number of piperidine rings is 1. The van der Waals surface area contributed by atoms with Crippen molar-refractivity contribution in [2.24, 2.45) is 11.1 Å². The van der Waals surface area contributed by atoms with Gasteiger partial charge in [-0.1, -0.05) is 23.2 Å². The average Bonchev–Trinajstić information content (AvgIpc) is 3.04. The summed E-state index contributed by atoms with van der Waals surface area (Å²) in [6, 6.07) is 3.45. The molecule has 2 aliphatic heterocycles. The Morgan fingerprint density at radius 1 is 1.28 bits per heavy atom. The van der Waals surface area contributed by atoms with Crippen molar-refractivity contribution in [2.75, 3.05) is 31.7 Å². The molecule has 0 unspecified atom stereocenters. The molecular formula is C21H30Cl2N4O3S2. The van der Waals surface area contributed by atoms with E-state index < -0.39 is 0 Å². The van der Waals surface area contributed by atoms with Crippen LogP contribution >= 0.6 is 50.2 Å². The van der Waals surface area contributed by atoms with Crippen molar-refractivity contribution < 1.29 is 14.6 Å². The number of ether oxygens (including phenoxy) is 2. The number of hydrogen-bond acceptors (Lipinski definition) is 7. The molecule has 11 heteroatoms. The van der Waals surface area contributed by atoms with Crippen molar-refractivity contribution in [2.45, 2.75) is 38.5 Å². The number of aliphatic hydroxyl groups excluding tert-OH is 1. The van der Waals surface area contributed by atoms with Crippen LogP contribution in [0.15, 0.2) is 18.3 Å². The van der Waals surface area contributed by atoms with Gasteiger partial charge in [0.2, 0.25) is 0 Å². The Morgan fingerprint density at radius 3 is 2.53 bits per heavy atom. The standard InChI is InChI=1S/C21H26Cl2N4O3.2H2S/c1-12-19(24)21(11-30-12)5-7-27(8-6-21)20-15(10-28)26-14(9-25-20)17-16(29-2)4-3-13(22)18(17)23;;/h3-4,9,12,19,28H,5-8,10-11,24H2,1-2H3;2*1H2/t12-,19+;;/m0../s1. The van der Waals surface area contributed by atoms with Crippen LogP contribution in [0.25, 0.3) is 11.3 Å². The molecule has 32 heavy (non-hydrogen) atoms. The summed E-state index contributed by atoms with van der Waals surface area (Å²) in [4.78, 5) is 11.4. The zero-order chi connectivity index (χ0) is 21.5. The molecule has 0 amide bonds. The van der Waals surface area contributed by atoms with E-state index >= 15 is 0 Å². The minimum atomic E-state index is -0.238. The molecule has 0 bridgehead atoms. The van der Waals surface area contributed by atoms with Gasteiger partial charge in [-0.2, -0.15) is 27.0 Å². The molecule has 0 radical (unpaired) electrons. The van der Waals surface area contributed by atoms with Crippen LogP contribution in [0.1, 0.15) is 25.5 Å². The fourth-order valence-electron chi connectivity index (χ4n) is 4.49. The number of benzene rings is 1. The highest BCUT2D eigenvalue weighted by molar-refractivity contribution is 7.59. The van der Waals surface area contributed by atoms with Crippen LogP contribution in [0, 0.1) is 5.41 Å². The van der Waals surface area contributed by atoms with Gasteiger partial charge in [-0.3, -0.25) is 0 Å². The number of aromatic nitrogens is 2. The Bertz CT molecular complexity index is 946. The molecule has 0 saturated carbocycles. The Balaban J connectivity index is 0.00000181. The summed E-state index contributed by atoms with van der Waals surface area (Å²) >= 11 is 12.6. The van der Waals surface area contributed by atoms with Gasteiger partial charge in [0.05, 0.1) is 53.9 Å². The normalized spacial score (nSPS) is 21.8. The van der Waals surface area contributed by atoms with E-state index in [4.69, 9.17) is 38.4 Å². The SMILES string of the molecule is COc1ccc(Cl)c(Cl)c1-c1cnc(N2CCC3(CC2)CO[C@@H](C)[C@H]3N)c(CO)n1.S.S. The van der Waals surface area contributed by atoms with Crippen LogP contribution in [0.5, 0.6) is 5.75 Å². The van der Waals surface area contributed by atoms with E-state index in [-0.39, 0.29) is 51.2 Å². The summed E-state index contributed by atoms with van der Waals surface area (Å²) < 4.78 is 11.2. The fraction of sp³-hybridized carbons (Fsp3) is 0.524. The van der Waals surface area contributed by atoms with Gasteiger partial charge in [-0.05, 0) is 31.9 Å². The lowest BCUT2D eigenvalue weighted by atomic mass is 9.73. The van der Waals surface area contributed by atoms with Gasteiger partial charge < -0.3 is 25.2 Å². The lowest BCUT2D eigenvalue weighted by Crippen LogP contribution is -2.51. The van der Waals surface area contributed by atoms with Crippen LogP contribution < -0.4 is 15.4 Å². The second-order valence-electron chi connectivity index (χ2n) is 8.01. The zero-order valence-electron chi connectivity index (χ0n) is 18.1. The van der Waals surface area contributed by atoms with Crippen LogP contribution in [0.4, 0.5) is 5.82 Å². The Kier molecular flexibility index (Phi) is 9.38. The van der Waals surface area contributed by atoms with E-state index in [0.29, 0.717) is 45.2 Å². The number of anilines is 1. The van der Waals surface area contributed by atoms with Crippen molar-refractivity contribution in [1.82, 2.24) is 9.97 Å². The zero-order valence-corrected chi connectivity index (χ0v) is 21.6. The first-order valence-electron chi connectivity index (χ1n) is 10.0. The third kappa shape index (κ3) is 4.80. The number of hydrogen-bond donors (Lipinski definition) is 2. The van der Waals surface area contributed by atoms with Gasteiger partial charge in [-0.15, -0.1) is 0 Å². The molecule has 1 aromatic heterocycles. The van der Waals surface area contributed by atoms with Gasteiger partial charge in [0.15, 0.2) is 5.82 Å². The number of aliphatic hydroxyl groups is 1. The quantitative estimate of drug-likeness (QED) is 0.636. The Hall–Kier alpha value is -0.940. The van der Waals surface area contributed by atoms with Crippen molar-refractivity contribution in [3.8, 4) is 17.0 Å². The second-order valence-corrected chi connectivity index (χ2v) is 8.80. The minimum absolute atomic E-state index is 0. The highest BCUT2D eigenvalue weighted by Gasteiger charge is 2.47. The number of rotatable bonds is 4. The molecule has 2 aromatic rings.